The van der Waals surface area contributed by atoms with Crippen LogP contribution in [0.4, 0.5) is 11.4 Å². The number of hydrogen-bond acceptors (Lipinski definition) is 5. The monoisotopic (exact) mass is 225 g/mol. The van der Waals surface area contributed by atoms with Crippen LogP contribution in [0.2, 0.25) is 0 Å². The van der Waals surface area contributed by atoms with Crippen molar-refractivity contribution in [3.05, 3.63) is 12.4 Å². The summed E-state index contributed by atoms with van der Waals surface area (Å²) in [5, 5.41) is 0. The van der Waals surface area contributed by atoms with Crippen molar-refractivity contribution >= 4 is 11.4 Å². The maximum Gasteiger partial charge on any atom is 0.162 e. The lowest BCUT2D eigenvalue weighted by Gasteiger charge is -2.19. The van der Waals surface area contributed by atoms with Crippen LogP contribution in [0, 0.1) is 0 Å². The number of nitrogens with two attached hydrogens (primary N) is 1. The van der Waals surface area contributed by atoms with Crippen molar-refractivity contribution in [3.8, 4) is 5.75 Å². The minimum absolute atomic E-state index is 0.474. The average Bonchev–Trinajstić information content (AvgIpc) is 2.30. The molecule has 0 fully saturated rings. The summed E-state index contributed by atoms with van der Waals surface area (Å²) in [4.78, 5) is 6.13. The summed E-state index contributed by atoms with van der Waals surface area (Å²) >= 11 is 0. The zero-order chi connectivity index (χ0) is 12.0. The third-order valence-corrected chi connectivity index (χ3v) is 2.36. The van der Waals surface area contributed by atoms with Gasteiger partial charge in [0, 0.05) is 20.7 Å². The van der Waals surface area contributed by atoms with Gasteiger partial charge in [-0.2, -0.15) is 0 Å². The van der Waals surface area contributed by atoms with E-state index in [-0.39, 0.29) is 0 Å². The molecule has 0 aliphatic carbocycles. The SMILES string of the molecule is CCN(C)c1cncc(OCCOC)c1N. The molecule has 0 unspecified atom stereocenters. The minimum Gasteiger partial charge on any atom is -0.487 e. The molecule has 5 nitrogen and oxygen atoms in total. The first-order valence-electron chi connectivity index (χ1n) is 5.27. The third-order valence-electron chi connectivity index (χ3n) is 2.36. The van der Waals surface area contributed by atoms with E-state index in [0.29, 0.717) is 24.7 Å². The van der Waals surface area contributed by atoms with E-state index in [9.17, 15) is 0 Å². The first-order chi connectivity index (χ1) is 7.70. The molecule has 0 saturated carbocycles. The Morgan fingerprint density at radius 3 is 2.75 bits per heavy atom. The summed E-state index contributed by atoms with van der Waals surface area (Å²) in [6.07, 6.45) is 3.36. The smallest absolute Gasteiger partial charge is 0.162 e. The summed E-state index contributed by atoms with van der Waals surface area (Å²) < 4.78 is 10.4. The highest BCUT2D eigenvalue weighted by Gasteiger charge is 2.09. The van der Waals surface area contributed by atoms with Gasteiger partial charge in [-0.25, -0.2) is 0 Å². The van der Waals surface area contributed by atoms with Crippen molar-refractivity contribution in [1.29, 1.82) is 0 Å². The van der Waals surface area contributed by atoms with Gasteiger partial charge in [-0.3, -0.25) is 4.98 Å². The van der Waals surface area contributed by atoms with Gasteiger partial charge in [-0.15, -0.1) is 0 Å². The van der Waals surface area contributed by atoms with Crippen LogP contribution in [0.5, 0.6) is 5.75 Å². The Balaban J connectivity index is 2.78. The summed E-state index contributed by atoms with van der Waals surface area (Å²) in [6, 6.07) is 0. The molecule has 1 aromatic heterocycles. The number of nitrogens with zero attached hydrogens (tertiary/aromatic N) is 2. The molecule has 1 aromatic rings. The van der Waals surface area contributed by atoms with E-state index >= 15 is 0 Å². The van der Waals surface area contributed by atoms with Crippen LogP contribution in [0.3, 0.4) is 0 Å². The highest BCUT2D eigenvalue weighted by atomic mass is 16.5. The van der Waals surface area contributed by atoms with Crippen molar-refractivity contribution < 1.29 is 9.47 Å². The van der Waals surface area contributed by atoms with Crippen molar-refractivity contribution in [3.63, 3.8) is 0 Å². The van der Waals surface area contributed by atoms with Gasteiger partial charge in [0.05, 0.1) is 24.7 Å². The maximum absolute atomic E-state index is 5.99. The molecule has 90 valence electrons. The quantitative estimate of drug-likeness (QED) is 0.736. The van der Waals surface area contributed by atoms with Crippen LogP contribution in [0.25, 0.3) is 0 Å². The summed E-state index contributed by atoms with van der Waals surface area (Å²) in [6.45, 7) is 3.93. The van der Waals surface area contributed by atoms with Crippen molar-refractivity contribution in [2.24, 2.45) is 0 Å². The first kappa shape index (κ1) is 12.6. The second kappa shape index (κ2) is 6.17. The van der Waals surface area contributed by atoms with Gasteiger partial charge < -0.3 is 20.1 Å². The molecule has 0 amide bonds. The van der Waals surface area contributed by atoms with Crippen LogP contribution in [0.15, 0.2) is 12.4 Å². The number of aromatic nitrogens is 1. The van der Waals surface area contributed by atoms with Gasteiger partial charge >= 0.3 is 0 Å². The van der Waals surface area contributed by atoms with E-state index < -0.39 is 0 Å². The molecule has 16 heavy (non-hydrogen) atoms. The Morgan fingerprint density at radius 2 is 2.12 bits per heavy atom. The number of pyridine rings is 1. The summed E-state index contributed by atoms with van der Waals surface area (Å²) in [5.41, 5.74) is 7.50. The van der Waals surface area contributed by atoms with E-state index in [4.69, 9.17) is 15.2 Å². The van der Waals surface area contributed by atoms with E-state index in [2.05, 4.69) is 11.9 Å². The van der Waals surface area contributed by atoms with Crippen LogP contribution in [-0.4, -0.2) is 38.9 Å². The number of anilines is 2. The van der Waals surface area contributed by atoms with Gasteiger partial charge in [0.1, 0.15) is 12.3 Å². The molecular weight excluding hydrogens is 206 g/mol. The Kier molecular flexibility index (Phi) is 4.85. The van der Waals surface area contributed by atoms with Crippen molar-refractivity contribution in [2.75, 3.05) is 44.5 Å². The molecule has 1 heterocycles. The predicted octanol–water partition coefficient (Wildman–Crippen LogP) is 1.15. The fourth-order valence-corrected chi connectivity index (χ4v) is 1.27. The van der Waals surface area contributed by atoms with E-state index in [1.165, 1.54) is 0 Å². The summed E-state index contributed by atoms with van der Waals surface area (Å²) in [7, 11) is 3.60. The number of nitrogen functional groups attached to an aromatic ring is 1. The van der Waals surface area contributed by atoms with E-state index in [1.54, 1.807) is 19.5 Å². The van der Waals surface area contributed by atoms with Crippen LogP contribution in [-0.2, 0) is 4.74 Å². The van der Waals surface area contributed by atoms with Crippen molar-refractivity contribution in [2.45, 2.75) is 6.92 Å². The Labute approximate surface area is 96.2 Å². The largest absolute Gasteiger partial charge is 0.487 e. The highest BCUT2D eigenvalue weighted by Crippen LogP contribution is 2.29. The van der Waals surface area contributed by atoms with Gasteiger partial charge in [0.2, 0.25) is 0 Å². The van der Waals surface area contributed by atoms with Gasteiger partial charge in [0.25, 0.3) is 0 Å². The van der Waals surface area contributed by atoms with Gasteiger partial charge in [0.15, 0.2) is 5.75 Å². The minimum atomic E-state index is 0.474. The molecule has 0 aliphatic heterocycles. The van der Waals surface area contributed by atoms with E-state index in [1.807, 2.05) is 11.9 Å². The zero-order valence-corrected chi connectivity index (χ0v) is 10.1. The Hall–Kier alpha value is -1.49. The summed E-state index contributed by atoms with van der Waals surface area (Å²) in [5.74, 6) is 0.606. The lowest BCUT2D eigenvalue weighted by molar-refractivity contribution is 0.146. The molecule has 0 spiro atoms. The normalized spacial score (nSPS) is 10.2. The molecule has 0 atom stereocenters. The van der Waals surface area contributed by atoms with Crippen LogP contribution < -0.4 is 15.4 Å². The molecule has 0 aromatic carbocycles. The van der Waals surface area contributed by atoms with Crippen LogP contribution >= 0.6 is 0 Å². The molecule has 1 rings (SSSR count). The molecule has 0 saturated heterocycles. The Bertz CT molecular complexity index is 331. The lowest BCUT2D eigenvalue weighted by atomic mass is 10.3. The zero-order valence-electron chi connectivity index (χ0n) is 10.1. The highest BCUT2D eigenvalue weighted by molar-refractivity contribution is 5.72. The predicted molar refractivity (Wildman–Crippen MR) is 65.0 cm³/mol. The topological polar surface area (TPSA) is 60.6 Å². The number of rotatable bonds is 6. The first-order valence-corrected chi connectivity index (χ1v) is 5.27. The molecule has 2 N–H and O–H groups in total. The fraction of sp³-hybridized carbons (Fsp3) is 0.545. The molecule has 5 heteroatoms. The number of methoxy groups -OCH3 is 1. The van der Waals surface area contributed by atoms with Crippen molar-refractivity contribution in [1.82, 2.24) is 4.98 Å². The number of hydrogen-bond donors (Lipinski definition) is 1. The number of ether oxygens (including phenoxy) is 2. The second-order valence-corrected chi connectivity index (χ2v) is 3.43. The van der Waals surface area contributed by atoms with Crippen LogP contribution in [0.1, 0.15) is 6.92 Å². The van der Waals surface area contributed by atoms with E-state index in [0.717, 1.165) is 12.2 Å². The second-order valence-electron chi connectivity index (χ2n) is 3.43. The van der Waals surface area contributed by atoms with Gasteiger partial charge in [-0.05, 0) is 6.92 Å². The fourth-order valence-electron chi connectivity index (χ4n) is 1.27. The maximum atomic E-state index is 5.99. The third kappa shape index (κ3) is 3.00. The molecule has 0 aliphatic rings. The molecule has 0 bridgehead atoms. The Morgan fingerprint density at radius 1 is 1.38 bits per heavy atom. The standard InChI is InChI=1S/C11H19N3O2/c1-4-14(2)9-7-13-8-10(11(9)12)16-6-5-15-3/h7-8H,4-6H2,1-3H3,(H2,12,13). The molecular formula is C11H19N3O2. The lowest BCUT2D eigenvalue weighted by Crippen LogP contribution is -2.18. The molecule has 0 radical (unpaired) electrons. The average molecular weight is 225 g/mol. The van der Waals surface area contributed by atoms with Gasteiger partial charge in [-0.1, -0.05) is 0 Å².